The molecule has 0 aliphatic rings. The number of benzene rings is 3. The van der Waals surface area contributed by atoms with Crippen molar-refractivity contribution in [2.24, 2.45) is 5.10 Å². The lowest BCUT2D eigenvalue weighted by atomic mass is 9.85. The van der Waals surface area contributed by atoms with Crippen LogP contribution in [0, 0.1) is 6.92 Å². The first-order chi connectivity index (χ1) is 17.0. The van der Waals surface area contributed by atoms with E-state index in [0.29, 0.717) is 17.7 Å². The molecule has 1 aromatic heterocycles. The molecule has 3 aromatic carbocycles. The van der Waals surface area contributed by atoms with Crippen LogP contribution in [-0.2, 0) is 26.5 Å². The van der Waals surface area contributed by atoms with Crippen molar-refractivity contribution in [3.8, 4) is 0 Å². The van der Waals surface area contributed by atoms with Gasteiger partial charge < -0.3 is 14.4 Å². The summed E-state index contributed by atoms with van der Waals surface area (Å²) in [6.45, 7) is 4.03. The Balaban J connectivity index is 1.66. The molecular weight excluding hydrogens is 442 g/mol. The van der Waals surface area contributed by atoms with Gasteiger partial charge in [0.1, 0.15) is 6.54 Å². The Morgan fingerprint density at radius 3 is 2.14 bits per heavy atom. The summed E-state index contributed by atoms with van der Waals surface area (Å²) in [5, 5.41) is 16.6. The predicted molar refractivity (Wildman–Crippen MR) is 135 cm³/mol. The van der Waals surface area contributed by atoms with Gasteiger partial charge in [-0.3, -0.25) is 9.59 Å². The number of carbonyl (C=O) groups excluding carboxylic acids is 2. The average Bonchev–Trinajstić information content (AvgIpc) is 3.15. The minimum atomic E-state index is -1.92. The third-order valence-corrected chi connectivity index (χ3v) is 5.94. The van der Waals surface area contributed by atoms with Crippen LogP contribution in [0.3, 0.4) is 0 Å². The van der Waals surface area contributed by atoms with E-state index in [4.69, 9.17) is 4.74 Å². The van der Waals surface area contributed by atoms with Gasteiger partial charge in [0.05, 0.1) is 12.8 Å². The van der Waals surface area contributed by atoms with Crippen molar-refractivity contribution in [2.75, 3.05) is 6.61 Å². The number of carbonyl (C=O) groups is 2. The zero-order chi connectivity index (χ0) is 24.8. The number of hydrogen-bond donors (Lipinski definition) is 2. The van der Waals surface area contributed by atoms with Gasteiger partial charge in [-0.15, -0.1) is 0 Å². The highest BCUT2D eigenvalue weighted by molar-refractivity contribution is 6.02. The molecule has 0 radical (unpaired) electrons. The second-order valence-electron chi connectivity index (χ2n) is 8.05. The fraction of sp³-hybridized carbons (Fsp3) is 0.179. The van der Waals surface area contributed by atoms with E-state index in [2.05, 4.69) is 10.5 Å². The monoisotopic (exact) mass is 469 g/mol. The molecule has 0 aliphatic carbocycles. The van der Waals surface area contributed by atoms with E-state index in [9.17, 15) is 14.7 Å². The second-order valence-corrected chi connectivity index (χ2v) is 8.05. The summed E-state index contributed by atoms with van der Waals surface area (Å²) >= 11 is 0. The summed E-state index contributed by atoms with van der Waals surface area (Å²) in [5.74, 6) is -1.01. The Morgan fingerprint density at radius 2 is 1.54 bits per heavy atom. The molecule has 0 atom stereocenters. The third kappa shape index (κ3) is 4.72. The Morgan fingerprint density at radius 1 is 0.971 bits per heavy atom. The minimum Gasteiger partial charge on any atom is -0.465 e. The summed E-state index contributed by atoms with van der Waals surface area (Å²) in [4.78, 5) is 25.4. The molecule has 0 unspecified atom stereocenters. The van der Waals surface area contributed by atoms with Crippen LogP contribution in [0.25, 0.3) is 10.9 Å². The quantitative estimate of drug-likeness (QED) is 0.233. The molecule has 1 heterocycles. The van der Waals surface area contributed by atoms with Crippen LogP contribution in [0.15, 0.2) is 90.0 Å². The average molecular weight is 470 g/mol. The number of hydrazone groups is 1. The maximum Gasteiger partial charge on any atom is 0.325 e. The van der Waals surface area contributed by atoms with Gasteiger partial charge in [-0.05, 0) is 31.0 Å². The standard InChI is InChI=1S/C28H27N3O4/c1-3-35-26(32)19-31-20(2)24(23-16-10-11-17-25(23)31)18-29-30-27(33)28(34,21-12-6-4-7-13-21)22-14-8-5-9-15-22/h4-18,34H,3,19H2,1-2H3,(H,30,33)/b29-18-. The van der Waals surface area contributed by atoms with Gasteiger partial charge in [0.15, 0.2) is 5.60 Å². The number of nitrogens with one attached hydrogen (secondary N) is 1. The molecule has 178 valence electrons. The summed E-state index contributed by atoms with van der Waals surface area (Å²) in [7, 11) is 0. The Hall–Kier alpha value is -4.23. The number of fused-ring (bicyclic) bond motifs is 1. The van der Waals surface area contributed by atoms with Gasteiger partial charge in [0, 0.05) is 22.2 Å². The number of para-hydroxylation sites is 1. The van der Waals surface area contributed by atoms with Crippen molar-refractivity contribution in [1.29, 1.82) is 0 Å². The summed E-state index contributed by atoms with van der Waals surface area (Å²) < 4.78 is 6.98. The van der Waals surface area contributed by atoms with Crippen LogP contribution in [0.4, 0.5) is 0 Å². The fourth-order valence-corrected chi connectivity index (χ4v) is 4.18. The lowest BCUT2D eigenvalue weighted by Gasteiger charge is -2.27. The minimum absolute atomic E-state index is 0.0716. The van der Waals surface area contributed by atoms with Crippen LogP contribution in [0.2, 0.25) is 0 Å². The zero-order valence-electron chi connectivity index (χ0n) is 19.6. The zero-order valence-corrected chi connectivity index (χ0v) is 19.6. The maximum atomic E-state index is 13.3. The molecule has 35 heavy (non-hydrogen) atoms. The van der Waals surface area contributed by atoms with Crippen molar-refractivity contribution in [2.45, 2.75) is 26.0 Å². The topological polar surface area (TPSA) is 92.9 Å². The summed E-state index contributed by atoms with van der Waals surface area (Å²) in [5.41, 5.74) is 3.87. The van der Waals surface area contributed by atoms with E-state index >= 15 is 0 Å². The van der Waals surface area contributed by atoms with Crippen molar-refractivity contribution in [3.63, 3.8) is 0 Å². The lowest BCUT2D eigenvalue weighted by Crippen LogP contribution is -2.43. The van der Waals surface area contributed by atoms with E-state index in [0.717, 1.165) is 22.2 Å². The molecule has 0 saturated heterocycles. The van der Waals surface area contributed by atoms with E-state index in [1.807, 2.05) is 47.9 Å². The molecule has 0 aliphatic heterocycles. The van der Waals surface area contributed by atoms with E-state index in [1.54, 1.807) is 55.5 Å². The summed E-state index contributed by atoms with van der Waals surface area (Å²) in [6, 6.07) is 25.1. The molecule has 7 nitrogen and oxygen atoms in total. The van der Waals surface area contributed by atoms with E-state index < -0.39 is 11.5 Å². The van der Waals surface area contributed by atoms with E-state index in [-0.39, 0.29) is 12.5 Å². The highest BCUT2D eigenvalue weighted by Gasteiger charge is 2.39. The first-order valence-electron chi connectivity index (χ1n) is 11.4. The van der Waals surface area contributed by atoms with Crippen LogP contribution >= 0.6 is 0 Å². The first kappa shape index (κ1) is 23.9. The number of hydrogen-bond acceptors (Lipinski definition) is 5. The number of amides is 1. The van der Waals surface area contributed by atoms with Gasteiger partial charge in [-0.2, -0.15) is 5.10 Å². The van der Waals surface area contributed by atoms with Crippen LogP contribution < -0.4 is 5.43 Å². The predicted octanol–water partition coefficient (Wildman–Crippen LogP) is 3.90. The van der Waals surface area contributed by atoms with Crippen molar-refractivity contribution >= 4 is 29.0 Å². The highest BCUT2D eigenvalue weighted by atomic mass is 16.5. The van der Waals surface area contributed by atoms with Crippen LogP contribution in [0.5, 0.6) is 0 Å². The largest absolute Gasteiger partial charge is 0.465 e. The number of rotatable bonds is 8. The van der Waals surface area contributed by atoms with Gasteiger partial charge >= 0.3 is 5.97 Å². The number of ether oxygens (including phenoxy) is 1. The molecule has 0 spiro atoms. The smallest absolute Gasteiger partial charge is 0.325 e. The Kier molecular flexibility index (Phi) is 7.08. The summed E-state index contributed by atoms with van der Waals surface area (Å²) in [6.07, 6.45) is 1.54. The van der Waals surface area contributed by atoms with Gasteiger partial charge in [0.2, 0.25) is 0 Å². The molecule has 0 bridgehead atoms. The normalized spacial score (nSPS) is 11.6. The van der Waals surface area contributed by atoms with Crippen LogP contribution in [-0.4, -0.2) is 34.4 Å². The highest BCUT2D eigenvalue weighted by Crippen LogP contribution is 2.30. The molecule has 7 heteroatoms. The van der Waals surface area contributed by atoms with E-state index in [1.165, 1.54) is 6.21 Å². The van der Waals surface area contributed by atoms with Crippen molar-refractivity contribution in [3.05, 3.63) is 107 Å². The maximum absolute atomic E-state index is 13.3. The number of esters is 1. The molecule has 2 N–H and O–H groups in total. The number of aliphatic hydroxyl groups is 1. The van der Waals surface area contributed by atoms with Crippen molar-refractivity contribution < 1.29 is 19.4 Å². The molecule has 4 rings (SSSR count). The molecular formula is C28H27N3O4. The molecule has 0 fully saturated rings. The van der Waals surface area contributed by atoms with Gasteiger partial charge in [-0.1, -0.05) is 78.9 Å². The fourth-order valence-electron chi connectivity index (χ4n) is 4.18. The Labute approximate surface area is 203 Å². The van der Waals surface area contributed by atoms with Crippen molar-refractivity contribution in [1.82, 2.24) is 9.99 Å². The first-order valence-corrected chi connectivity index (χ1v) is 11.4. The lowest BCUT2D eigenvalue weighted by molar-refractivity contribution is -0.143. The number of aromatic nitrogens is 1. The van der Waals surface area contributed by atoms with Gasteiger partial charge in [-0.25, -0.2) is 5.43 Å². The number of nitrogens with zero attached hydrogens (tertiary/aromatic N) is 2. The van der Waals surface area contributed by atoms with Crippen LogP contribution in [0.1, 0.15) is 29.3 Å². The Bertz CT molecular complexity index is 1320. The SMILES string of the molecule is CCOC(=O)Cn1c(C)c(/C=N\NC(=O)C(O)(c2ccccc2)c2ccccc2)c2ccccc21. The molecule has 4 aromatic rings. The molecule has 0 saturated carbocycles. The molecule has 1 amide bonds. The second kappa shape index (κ2) is 10.4. The third-order valence-electron chi connectivity index (χ3n) is 5.94. The van der Waals surface area contributed by atoms with Gasteiger partial charge in [0.25, 0.3) is 5.91 Å².